The summed E-state index contributed by atoms with van der Waals surface area (Å²) in [4.78, 5) is 14.7. The van der Waals surface area contributed by atoms with E-state index in [9.17, 15) is 4.79 Å². The molecule has 1 amide bonds. The molecule has 20 heavy (non-hydrogen) atoms. The predicted octanol–water partition coefficient (Wildman–Crippen LogP) is 2.10. The highest BCUT2D eigenvalue weighted by molar-refractivity contribution is 5.82. The van der Waals surface area contributed by atoms with Crippen LogP contribution in [0.15, 0.2) is 30.3 Å². The number of nitrogens with zero attached hydrogens (tertiary/aromatic N) is 1. The van der Waals surface area contributed by atoms with E-state index in [0.717, 1.165) is 31.4 Å². The molecular formula is C16H24N2O2. The molecule has 1 aliphatic heterocycles. The first kappa shape index (κ1) is 15.0. The zero-order valence-electron chi connectivity index (χ0n) is 12.3. The molecule has 3 unspecified atom stereocenters. The molecule has 110 valence electrons. The summed E-state index contributed by atoms with van der Waals surface area (Å²) in [7, 11) is 1.58. The summed E-state index contributed by atoms with van der Waals surface area (Å²) in [5.74, 6) is 0.0284. The molecule has 0 spiro atoms. The lowest BCUT2D eigenvalue weighted by molar-refractivity contribution is -0.146. The van der Waals surface area contributed by atoms with Gasteiger partial charge in [0.25, 0.3) is 5.91 Å². The second-order valence-electron chi connectivity index (χ2n) is 5.48. The fourth-order valence-corrected chi connectivity index (χ4v) is 2.94. The molecule has 0 radical (unpaired) electrons. The number of amides is 1. The number of carbonyl (C=O) groups is 1. The van der Waals surface area contributed by atoms with Crippen molar-refractivity contribution in [3.05, 3.63) is 35.9 Å². The van der Waals surface area contributed by atoms with Crippen LogP contribution in [0.4, 0.5) is 0 Å². The van der Waals surface area contributed by atoms with Crippen molar-refractivity contribution in [2.24, 2.45) is 5.73 Å². The van der Waals surface area contributed by atoms with Gasteiger partial charge in [-0.3, -0.25) is 4.79 Å². The van der Waals surface area contributed by atoms with Gasteiger partial charge in [0.15, 0.2) is 6.10 Å². The molecule has 1 aromatic rings. The molecule has 4 nitrogen and oxygen atoms in total. The van der Waals surface area contributed by atoms with E-state index in [1.54, 1.807) is 7.11 Å². The molecule has 2 rings (SSSR count). The number of nitrogens with two attached hydrogens (primary N) is 1. The van der Waals surface area contributed by atoms with Crippen LogP contribution < -0.4 is 5.73 Å². The Morgan fingerprint density at radius 2 is 2.05 bits per heavy atom. The van der Waals surface area contributed by atoms with E-state index >= 15 is 0 Å². The Balaban J connectivity index is 2.19. The van der Waals surface area contributed by atoms with Gasteiger partial charge in [0.05, 0.1) is 0 Å². The largest absolute Gasteiger partial charge is 0.367 e. The van der Waals surface area contributed by atoms with E-state index in [2.05, 4.69) is 0 Å². The maximum Gasteiger partial charge on any atom is 0.256 e. The Morgan fingerprint density at radius 3 is 2.65 bits per heavy atom. The maximum atomic E-state index is 12.8. The lowest BCUT2D eigenvalue weighted by Gasteiger charge is -2.39. The standard InChI is InChI=1S/C16H24N2O2/c1-12(17)14-10-6-7-11-18(14)16(19)15(20-2)13-8-4-3-5-9-13/h3-5,8-9,12,14-15H,6-7,10-11,17H2,1-2H3. The number of hydrogen-bond donors (Lipinski definition) is 1. The average Bonchev–Trinajstić information content (AvgIpc) is 2.49. The number of ether oxygens (including phenoxy) is 1. The number of methoxy groups -OCH3 is 1. The van der Waals surface area contributed by atoms with Crippen molar-refractivity contribution in [3.63, 3.8) is 0 Å². The van der Waals surface area contributed by atoms with E-state index in [4.69, 9.17) is 10.5 Å². The minimum absolute atomic E-state index is 0.00692. The first-order chi connectivity index (χ1) is 9.65. The van der Waals surface area contributed by atoms with Crippen molar-refractivity contribution in [1.82, 2.24) is 4.90 Å². The van der Waals surface area contributed by atoms with Gasteiger partial charge in [-0.05, 0) is 31.7 Å². The molecule has 1 aromatic carbocycles. The highest BCUT2D eigenvalue weighted by Gasteiger charge is 2.33. The highest BCUT2D eigenvalue weighted by atomic mass is 16.5. The summed E-state index contributed by atoms with van der Waals surface area (Å²) in [5.41, 5.74) is 6.94. The monoisotopic (exact) mass is 276 g/mol. The van der Waals surface area contributed by atoms with E-state index < -0.39 is 6.10 Å². The van der Waals surface area contributed by atoms with Crippen LogP contribution in [0.1, 0.15) is 37.9 Å². The van der Waals surface area contributed by atoms with Gasteiger partial charge < -0.3 is 15.4 Å². The lowest BCUT2D eigenvalue weighted by atomic mass is 9.95. The molecule has 1 aliphatic rings. The normalized spacial score (nSPS) is 22.4. The Labute approximate surface area is 120 Å². The summed E-state index contributed by atoms with van der Waals surface area (Å²) in [6.07, 6.45) is 2.63. The Morgan fingerprint density at radius 1 is 1.35 bits per heavy atom. The molecule has 0 bridgehead atoms. The second kappa shape index (κ2) is 6.86. The van der Waals surface area contributed by atoms with Crippen molar-refractivity contribution in [3.8, 4) is 0 Å². The Kier molecular flexibility index (Phi) is 5.15. The van der Waals surface area contributed by atoms with Crippen LogP contribution in [0.25, 0.3) is 0 Å². The van der Waals surface area contributed by atoms with Crippen LogP contribution in [-0.4, -0.2) is 36.5 Å². The van der Waals surface area contributed by atoms with Gasteiger partial charge in [-0.15, -0.1) is 0 Å². The van der Waals surface area contributed by atoms with E-state index in [1.165, 1.54) is 0 Å². The Hall–Kier alpha value is -1.39. The molecular weight excluding hydrogens is 252 g/mol. The lowest BCUT2D eigenvalue weighted by Crippen LogP contribution is -2.53. The highest BCUT2D eigenvalue weighted by Crippen LogP contribution is 2.25. The summed E-state index contributed by atoms with van der Waals surface area (Å²) < 4.78 is 5.45. The SMILES string of the molecule is COC(C(=O)N1CCCCC1C(C)N)c1ccccc1. The van der Waals surface area contributed by atoms with E-state index in [1.807, 2.05) is 42.2 Å². The zero-order valence-corrected chi connectivity index (χ0v) is 12.3. The minimum atomic E-state index is -0.532. The fourth-order valence-electron chi connectivity index (χ4n) is 2.94. The topological polar surface area (TPSA) is 55.6 Å². The third-order valence-corrected chi connectivity index (χ3v) is 4.00. The number of piperidine rings is 1. The van der Waals surface area contributed by atoms with Gasteiger partial charge in [-0.2, -0.15) is 0 Å². The van der Waals surface area contributed by atoms with Gasteiger partial charge >= 0.3 is 0 Å². The van der Waals surface area contributed by atoms with Crippen molar-refractivity contribution < 1.29 is 9.53 Å². The predicted molar refractivity (Wildman–Crippen MR) is 79.2 cm³/mol. The third kappa shape index (κ3) is 3.19. The number of carbonyl (C=O) groups excluding carboxylic acids is 1. The quantitative estimate of drug-likeness (QED) is 0.916. The number of rotatable bonds is 4. The van der Waals surface area contributed by atoms with Crippen molar-refractivity contribution in [2.75, 3.05) is 13.7 Å². The van der Waals surface area contributed by atoms with Crippen LogP contribution in [0, 0.1) is 0 Å². The first-order valence-corrected chi connectivity index (χ1v) is 7.29. The van der Waals surface area contributed by atoms with Gasteiger partial charge in [-0.1, -0.05) is 30.3 Å². The molecule has 1 heterocycles. The van der Waals surface area contributed by atoms with Crippen LogP contribution in [0.5, 0.6) is 0 Å². The molecule has 0 aromatic heterocycles. The van der Waals surface area contributed by atoms with Crippen LogP contribution in [0.2, 0.25) is 0 Å². The van der Waals surface area contributed by atoms with Crippen LogP contribution in [0.3, 0.4) is 0 Å². The molecule has 3 atom stereocenters. The average molecular weight is 276 g/mol. The summed E-state index contributed by atoms with van der Waals surface area (Å²) in [5, 5.41) is 0. The van der Waals surface area contributed by atoms with Gasteiger partial charge in [0.1, 0.15) is 0 Å². The van der Waals surface area contributed by atoms with Crippen molar-refractivity contribution >= 4 is 5.91 Å². The summed E-state index contributed by atoms with van der Waals surface area (Å²) in [6, 6.07) is 9.76. The van der Waals surface area contributed by atoms with E-state index in [-0.39, 0.29) is 18.0 Å². The fraction of sp³-hybridized carbons (Fsp3) is 0.562. The van der Waals surface area contributed by atoms with Gasteiger partial charge in [0, 0.05) is 25.7 Å². The molecule has 0 aliphatic carbocycles. The maximum absolute atomic E-state index is 12.8. The van der Waals surface area contributed by atoms with Crippen LogP contribution in [-0.2, 0) is 9.53 Å². The smallest absolute Gasteiger partial charge is 0.256 e. The number of likely N-dealkylation sites (tertiary alicyclic amines) is 1. The van der Waals surface area contributed by atoms with Crippen molar-refractivity contribution in [1.29, 1.82) is 0 Å². The van der Waals surface area contributed by atoms with Gasteiger partial charge in [0.2, 0.25) is 0 Å². The molecule has 2 N–H and O–H groups in total. The van der Waals surface area contributed by atoms with Crippen LogP contribution >= 0.6 is 0 Å². The van der Waals surface area contributed by atoms with Crippen molar-refractivity contribution in [2.45, 2.75) is 44.4 Å². The third-order valence-electron chi connectivity index (χ3n) is 4.00. The molecule has 4 heteroatoms. The molecule has 1 saturated heterocycles. The number of hydrogen-bond acceptors (Lipinski definition) is 3. The van der Waals surface area contributed by atoms with Gasteiger partial charge in [-0.25, -0.2) is 0 Å². The molecule has 1 fully saturated rings. The number of benzene rings is 1. The minimum Gasteiger partial charge on any atom is -0.367 e. The second-order valence-corrected chi connectivity index (χ2v) is 5.48. The van der Waals surface area contributed by atoms with E-state index in [0.29, 0.717) is 0 Å². The summed E-state index contributed by atoms with van der Waals surface area (Å²) >= 11 is 0. The summed E-state index contributed by atoms with van der Waals surface area (Å²) in [6.45, 7) is 2.75. The Bertz CT molecular complexity index is 433. The molecule has 0 saturated carbocycles. The first-order valence-electron chi connectivity index (χ1n) is 7.29. The zero-order chi connectivity index (χ0) is 14.5.